The maximum absolute atomic E-state index is 12.6. The first-order valence-electron chi connectivity index (χ1n) is 9.69. The fraction of sp³-hybridized carbons (Fsp3) is 0.500. The Morgan fingerprint density at radius 1 is 1.15 bits per heavy atom. The van der Waals surface area contributed by atoms with Crippen LogP contribution >= 0.6 is 0 Å². The zero-order chi connectivity index (χ0) is 19.2. The number of aryl methyl sites for hydroxylation is 1. The van der Waals surface area contributed by atoms with Crippen LogP contribution in [-0.4, -0.2) is 21.6 Å². The van der Waals surface area contributed by atoms with Crippen molar-refractivity contribution in [2.45, 2.75) is 58.4 Å². The average molecular weight is 370 g/mol. The molecule has 1 aliphatic carbocycles. The van der Waals surface area contributed by atoms with Gasteiger partial charge >= 0.3 is 0 Å². The van der Waals surface area contributed by atoms with Crippen molar-refractivity contribution in [3.05, 3.63) is 40.3 Å². The monoisotopic (exact) mass is 370 g/mol. The van der Waals surface area contributed by atoms with Crippen LogP contribution < -0.4 is 16.4 Å². The van der Waals surface area contributed by atoms with Crippen LogP contribution in [0.5, 0.6) is 0 Å². The third-order valence-corrected chi connectivity index (χ3v) is 5.09. The molecule has 1 aliphatic rings. The number of nitrogens with zero attached hydrogens (tertiary/aromatic N) is 2. The summed E-state index contributed by atoms with van der Waals surface area (Å²) in [4.78, 5) is 37.1. The average Bonchev–Trinajstić information content (AvgIpc) is 3.20. The summed E-state index contributed by atoms with van der Waals surface area (Å²) in [6, 6.07) is 6.89. The summed E-state index contributed by atoms with van der Waals surface area (Å²) in [6.45, 7) is 2.37. The highest BCUT2D eigenvalue weighted by Crippen LogP contribution is 2.28. The van der Waals surface area contributed by atoms with Crippen molar-refractivity contribution >= 4 is 22.6 Å². The molecule has 1 aromatic carbocycles. The fourth-order valence-electron chi connectivity index (χ4n) is 3.65. The number of amides is 2. The number of fused-ring (bicyclic) bond motifs is 1. The maximum atomic E-state index is 12.6. The van der Waals surface area contributed by atoms with Gasteiger partial charge in [0.15, 0.2) is 5.69 Å². The lowest BCUT2D eigenvalue weighted by Gasteiger charge is -2.12. The van der Waals surface area contributed by atoms with Gasteiger partial charge in [0.2, 0.25) is 5.91 Å². The number of rotatable bonds is 6. The van der Waals surface area contributed by atoms with Gasteiger partial charge in [-0.1, -0.05) is 50.8 Å². The van der Waals surface area contributed by atoms with Crippen LogP contribution in [0.15, 0.2) is 29.1 Å². The van der Waals surface area contributed by atoms with Crippen molar-refractivity contribution in [1.29, 1.82) is 0 Å². The molecule has 0 bridgehead atoms. The van der Waals surface area contributed by atoms with E-state index in [0.717, 1.165) is 12.8 Å². The van der Waals surface area contributed by atoms with Crippen molar-refractivity contribution in [3.8, 4) is 0 Å². The van der Waals surface area contributed by atoms with E-state index in [-0.39, 0.29) is 17.2 Å². The lowest BCUT2D eigenvalue weighted by molar-refractivity contribution is -0.122. The van der Waals surface area contributed by atoms with Crippen LogP contribution in [0, 0.1) is 5.92 Å². The van der Waals surface area contributed by atoms with Crippen LogP contribution in [0.1, 0.15) is 62.4 Å². The number of carbonyl (C=O) groups is 2. The van der Waals surface area contributed by atoms with Gasteiger partial charge in [0.1, 0.15) is 0 Å². The normalized spacial score (nSPS) is 14.4. The van der Waals surface area contributed by atoms with E-state index in [1.807, 2.05) is 6.92 Å². The van der Waals surface area contributed by atoms with E-state index < -0.39 is 5.91 Å². The molecule has 2 amide bonds. The molecule has 0 unspecified atom stereocenters. The highest BCUT2D eigenvalue weighted by molar-refractivity contribution is 6.05. The van der Waals surface area contributed by atoms with Gasteiger partial charge in [-0.15, -0.1) is 0 Å². The summed E-state index contributed by atoms with van der Waals surface area (Å²) in [5, 5.41) is 5.14. The Morgan fingerprint density at radius 3 is 2.56 bits per heavy atom. The molecule has 0 saturated heterocycles. The largest absolute Gasteiger partial charge is 0.290 e. The molecule has 2 aromatic rings. The molecule has 0 spiro atoms. The summed E-state index contributed by atoms with van der Waals surface area (Å²) in [7, 11) is 0. The SMILES string of the molecule is CCCn1nc(C(=O)NNC(=O)CCC2CCCC2)c2ccccc2c1=O. The highest BCUT2D eigenvalue weighted by atomic mass is 16.2. The first-order chi connectivity index (χ1) is 13.1. The Kier molecular flexibility index (Phi) is 6.21. The van der Waals surface area contributed by atoms with Crippen molar-refractivity contribution in [1.82, 2.24) is 20.6 Å². The van der Waals surface area contributed by atoms with E-state index in [0.29, 0.717) is 29.7 Å². The zero-order valence-electron chi connectivity index (χ0n) is 15.7. The number of nitrogens with one attached hydrogen (secondary N) is 2. The first-order valence-corrected chi connectivity index (χ1v) is 9.69. The molecule has 7 nitrogen and oxygen atoms in total. The molecular weight excluding hydrogens is 344 g/mol. The Labute approximate surface area is 158 Å². The molecule has 1 aromatic heterocycles. The van der Waals surface area contributed by atoms with Gasteiger partial charge in [-0.3, -0.25) is 25.2 Å². The minimum Gasteiger partial charge on any atom is -0.273 e. The van der Waals surface area contributed by atoms with E-state index in [9.17, 15) is 14.4 Å². The lowest BCUT2D eigenvalue weighted by Crippen LogP contribution is -2.42. The Bertz CT molecular complexity index is 884. The molecule has 1 fully saturated rings. The maximum Gasteiger partial charge on any atom is 0.290 e. The molecule has 1 saturated carbocycles. The molecule has 0 aliphatic heterocycles. The van der Waals surface area contributed by atoms with Gasteiger partial charge in [-0.2, -0.15) is 5.10 Å². The minimum absolute atomic E-state index is 0.134. The molecule has 0 radical (unpaired) electrons. The van der Waals surface area contributed by atoms with Gasteiger partial charge in [-0.05, 0) is 24.8 Å². The molecule has 0 atom stereocenters. The Hall–Kier alpha value is -2.70. The second-order valence-corrected chi connectivity index (χ2v) is 7.11. The molecule has 3 rings (SSSR count). The summed E-state index contributed by atoms with van der Waals surface area (Å²) in [5.41, 5.74) is 4.82. The van der Waals surface area contributed by atoms with E-state index in [2.05, 4.69) is 16.0 Å². The van der Waals surface area contributed by atoms with Crippen molar-refractivity contribution in [3.63, 3.8) is 0 Å². The highest BCUT2D eigenvalue weighted by Gasteiger charge is 2.18. The summed E-state index contributed by atoms with van der Waals surface area (Å²) in [5.74, 6) is -0.110. The Morgan fingerprint density at radius 2 is 1.85 bits per heavy atom. The topological polar surface area (TPSA) is 93.1 Å². The van der Waals surface area contributed by atoms with Crippen LogP contribution in [0.4, 0.5) is 0 Å². The van der Waals surface area contributed by atoms with Crippen LogP contribution in [0.25, 0.3) is 10.8 Å². The predicted molar refractivity (Wildman–Crippen MR) is 103 cm³/mol. The summed E-state index contributed by atoms with van der Waals surface area (Å²) in [6.07, 6.45) is 6.84. The number of benzene rings is 1. The van der Waals surface area contributed by atoms with Gasteiger partial charge in [0.25, 0.3) is 11.5 Å². The molecular formula is C20H26N4O3. The third-order valence-electron chi connectivity index (χ3n) is 5.09. The van der Waals surface area contributed by atoms with Crippen LogP contribution in [0.2, 0.25) is 0 Å². The molecule has 2 N–H and O–H groups in total. The molecule has 1 heterocycles. The van der Waals surface area contributed by atoms with E-state index >= 15 is 0 Å². The first kappa shape index (κ1) is 19.1. The number of hydrazine groups is 1. The standard InChI is InChI=1S/C20H26N4O3/c1-2-13-24-20(27)16-10-6-5-9-15(16)18(23-24)19(26)22-21-17(25)12-11-14-7-3-4-8-14/h5-6,9-10,14H,2-4,7-8,11-13H2,1H3,(H,21,25)(H,22,26). The fourth-order valence-corrected chi connectivity index (χ4v) is 3.65. The number of hydrogen-bond donors (Lipinski definition) is 2. The van der Waals surface area contributed by atoms with E-state index in [1.54, 1.807) is 24.3 Å². The second-order valence-electron chi connectivity index (χ2n) is 7.11. The minimum atomic E-state index is -0.523. The zero-order valence-corrected chi connectivity index (χ0v) is 15.7. The predicted octanol–water partition coefficient (Wildman–Crippen LogP) is 2.54. The molecule has 27 heavy (non-hydrogen) atoms. The Balaban J connectivity index is 1.70. The quantitative estimate of drug-likeness (QED) is 0.764. The van der Waals surface area contributed by atoms with Gasteiger partial charge in [0, 0.05) is 18.4 Å². The van der Waals surface area contributed by atoms with Gasteiger partial charge < -0.3 is 0 Å². The summed E-state index contributed by atoms with van der Waals surface area (Å²) < 4.78 is 1.30. The lowest BCUT2D eigenvalue weighted by atomic mass is 10.0. The number of carbonyl (C=O) groups excluding carboxylic acids is 2. The number of aromatic nitrogens is 2. The number of hydrogen-bond acceptors (Lipinski definition) is 4. The smallest absolute Gasteiger partial charge is 0.273 e. The van der Waals surface area contributed by atoms with Gasteiger partial charge in [-0.25, -0.2) is 4.68 Å². The molecule has 7 heteroatoms. The van der Waals surface area contributed by atoms with E-state index in [1.165, 1.54) is 30.4 Å². The summed E-state index contributed by atoms with van der Waals surface area (Å²) >= 11 is 0. The van der Waals surface area contributed by atoms with Crippen molar-refractivity contribution in [2.75, 3.05) is 0 Å². The van der Waals surface area contributed by atoms with Crippen molar-refractivity contribution in [2.24, 2.45) is 5.92 Å². The van der Waals surface area contributed by atoms with Crippen LogP contribution in [0.3, 0.4) is 0 Å². The third kappa shape index (κ3) is 4.53. The van der Waals surface area contributed by atoms with Gasteiger partial charge in [0.05, 0.1) is 5.39 Å². The van der Waals surface area contributed by atoms with Crippen LogP contribution in [-0.2, 0) is 11.3 Å². The molecule has 144 valence electrons. The van der Waals surface area contributed by atoms with E-state index in [4.69, 9.17) is 0 Å². The second kappa shape index (κ2) is 8.79. The van der Waals surface area contributed by atoms with Crippen molar-refractivity contribution < 1.29 is 9.59 Å².